The average Bonchev–Trinajstić information content (AvgIpc) is 2.76. The molecule has 2 unspecified atom stereocenters. The highest BCUT2D eigenvalue weighted by Crippen LogP contribution is 2.52. The lowest BCUT2D eigenvalue weighted by molar-refractivity contribution is 0.0688. The van der Waals surface area contributed by atoms with Gasteiger partial charge in [0.2, 0.25) is 0 Å². The van der Waals surface area contributed by atoms with Gasteiger partial charge in [-0.25, -0.2) is 9.78 Å². The largest absolute Gasteiger partial charge is 0.476 e. The molecule has 2 atom stereocenters. The molecule has 1 aliphatic heterocycles. The van der Waals surface area contributed by atoms with Gasteiger partial charge in [-0.1, -0.05) is 20.8 Å². The van der Waals surface area contributed by atoms with E-state index in [2.05, 4.69) is 30.7 Å². The van der Waals surface area contributed by atoms with Gasteiger partial charge in [0.15, 0.2) is 5.69 Å². The molecule has 21 heavy (non-hydrogen) atoms. The molecule has 0 aromatic carbocycles. The number of rotatable bonds is 3. The van der Waals surface area contributed by atoms with E-state index in [4.69, 9.17) is 0 Å². The number of hydrogen-bond acceptors (Lipinski definition) is 4. The first-order valence-electron chi connectivity index (χ1n) is 7.61. The van der Waals surface area contributed by atoms with Crippen LogP contribution in [0.2, 0.25) is 0 Å². The van der Waals surface area contributed by atoms with Crippen molar-refractivity contribution in [3.05, 3.63) is 15.6 Å². The number of likely N-dealkylation sites (tertiary alicyclic amines) is 1. The molecule has 2 aliphatic rings. The van der Waals surface area contributed by atoms with Crippen molar-refractivity contribution < 1.29 is 9.90 Å². The Labute approximate surface area is 130 Å². The number of thiazole rings is 1. The minimum atomic E-state index is -0.900. The van der Waals surface area contributed by atoms with Crippen molar-refractivity contribution in [2.45, 2.75) is 59.5 Å². The average molecular weight is 308 g/mol. The molecular weight excluding hydrogens is 284 g/mol. The molecule has 1 saturated carbocycles. The maximum atomic E-state index is 11.3. The maximum absolute atomic E-state index is 11.3. The Bertz CT molecular complexity index is 581. The summed E-state index contributed by atoms with van der Waals surface area (Å²) in [5, 5.41) is 10.1. The molecule has 4 nitrogen and oxygen atoms in total. The number of nitrogens with zero attached hydrogens (tertiary/aromatic N) is 2. The van der Waals surface area contributed by atoms with Gasteiger partial charge in [0.25, 0.3) is 0 Å². The second-order valence-electron chi connectivity index (χ2n) is 7.93. The van der Waals surface area contributed by atoms with Gasteiger partial charge in [-0.3, -0.25) is 4.90 Å². The van der Waals surface area contributed by atoms with Crippen LogP contribution in [-0.2, 0) is 6.54 Å². The van der Waals surface area contributed by atoms with E-state index >= 15 is 0 Å². The van der Waals surface area contributed by atoms with Crippen LogP contribution in [0.1, 0.15) is 60.4 Å². The van der Waals surface area contributed by atoms with Gasteiger partial charge < -0.3 is 5.11 Å². The molecule has 1 saturated heterocycles. The van der Waals surface area contributed by atoms with Crippen molar-refractivity contribution >= 4 is 17.3 Å². The highest BCUT2D eigenvalue weighted by Gasteiger charge is 2.49. The van der Waals surface area contributed by atoms with Crippen molar-refractivity contribution in [3.8, 4) is 0 Å². The Balaban J connectivity index is 1.82. The van der Waals surface area contributed by atoms with Gasteiger partial charge in [-0.05, 0) is 37.0 Å². The molecule has 2 heterocycles. The van der Waals surface area contributed by atoms with E-state index in [-0.39, 0.29) is 5.69 Å². The number of fused-ring (bicyclic) bond motifs is 2. The van der Waals surface area contributed by atoms with E-state index in [9.17, 15) is 9.90 Å². The first kappa shape index (κ1) is 15.0. The summed E-state index contributed by atoms with van der Waals surface area (Å²) < 4.78 is 0. The second-order valence-corrected chi connectivity index (χ2v) is 9.22. The van der Waals surface area contributed by atoms with Gasteiger partial charge in [0.1, 0.15) is 0 Å². The van der Waals surface area contributed by atoms with Crippen LogP contribution in [0, 0.1) is 17.8 Å². The van der Waals surface area contributed by atoms with Crippen molar-refractivity contribution in [3.63, 3.8) is 0 Å². The molecule has 2 bridgehead atoms. The van der Waals surface area contributed by atoms with Crippen LogP contribution in [0.5, 0.6) is 0 Å². The van der Waals surface area contributed by atoms with Gasteiger partial charge in [-0.2, -0.15) is 0 Å². The lowest BCUT2D eigenvalue weighted by Gasteiger charge is -2.39. The van der Waals surface area contributed by atoms with Crippen LogP contribution in [-0.4, -0.2) is 33.5 Å². The third-order valence-electron chi connectivity index (χ3n) is 4.88. The zero-order chi connectivity index (χ0) is 15.4. The molecule has 1 aromatic heterocycles. The van der Waals surface area contributed by atoms with E-state index in [0.717, 1.165) is 23.0 Å². The van der Waals surface area contributed by atoms with E-state index in [1.807, 2.05) is 6.92 Å². The summed E-state index contributed by atoms with van der Waals surface area (Å²) in [6.07, 6.45) is 3.72. The molecule has 1 aromatic rings. The summed E-state index contributed by atoms with van der Waals surface area (Å²) in [6.45, 7) is 10.8. The van der Waals surface area contributed by atoms with Crippen LogP contribution in [0.3, 0.4) is 0 Å². The first-order valence-corrected chi connectivity index (χ1v) is 8.43. The van der Waals surface area contributed by atoms with Crippen molar-refractivity contribution in [1.29, 1.82) is 0 Å². The Morgan fingerprint density at radius 2 is 2.14 bits per heavy atom. The topological polar surface area (TPSA) is 53.4 Å². The summed E-state index contributed by atoms with van der Waals surface area (Å²) in [5.74, 6) is -0.900. The molecule has 1 N–H and O–H groups in total. The van der Waals surface area contributed by atoms with Crippen molar-refractivity contribution in [2.75, 3.05) is 6.54 Å². The van der Waals surface area contributed by atoms with Gasteiger partial charge in [0, 0.05) is 19.1 Å². The smallest absolute Gasteiger partial charge is 0.355 e. The Hall–Kier alpha value is -0.940. The fourth-order valence-electron chi connectivity index (χ4n) is 4.69. The van der Waals surface area contributed by atoms with Crippen LogP contribution in [0.25, 0.3) is 0 Å². The fraction of sp³-hybridized carbons (Fsp3) is 0.750. The SMILES string of the molecule is Cc1nc(C(=O)O)c(CN2CC3(C)CC2CC(C)(C)C3)s1. The normalized spacial score (nSPS) is 31.5. The van der Waals surface area contributed by atoms with Gasteiger partial charge in [-0.15, -0.1) is 11.3 Å². The highest BCUT2D eigenvalue weighted by molar-refractivity contribution is 7.11. The summed E-state index contributed by atoms with van der Waals surface area (Å²) in [6, 6.07) is 0.586. The van der Waals surface area contributed by atoms with Gasteiger partial charge in [0.05, 0.1) is 9.88 Å². The van der Waals surface area contributed by atoms with Crippen molar-refractivity contribution in [2.24, 2.45) is 10.8 Å². The first-order chi connectivity index (χ1) is 9.67. The number of carbonyl (C=O) groups is 1. The van der Waals surface area contributed by atoms with E-state index in [1.54, 1.807) is 0 Å². The second kappa shape index (κ2) is 4.78. The summed E-state index contributed by atoms with van der Waals surface area (Å²) >= 11 is 1.53. The number of hydrogen-bond donors (Lipinski definition) is 1. The molecular formula is C16H24N2O2S. The summed E-state index contributed by atoms with van der Waals surface area (Å²) in [5.41, 5.74) is 1.03. The van der Waals surface area contributed by atoms with Crippen molar-refractivity contribution in [1.82, 2.24) is 9.88 Å². The predicted molar refractivity (Wildman–Crippen MR) is 83.7 cm³/mol. The lowest BCUT2D eigenvalue weighted by atomic mass is 9.65. The van der Waals surface area contributed by atoms with E-state index in [1.165, 1.54) is 30.6 Å². The molecule has 116 valence electrons. The predicted octanol–water partition coefficient (Wildman–Crippen LogP) is 3.55. The minimum absolute atomic E-state index is 0.253. The van der Waals surface area contributed by atoms with Crippen LogP contribution in [0.15, 0.2) is 0 Å². The summed E-state index contributed by atoms with van der Waals surface area (Å²) in [7, 11) is 0. The standard InChI is InChI=1S/C16H24N2O2S/c1-10-17-13(14(19)20)12(21-10)7-18-9-16(4)6-11(18)5-15(2,3)8-16/h11H,5-9H2,1-4H3,(H,19,20). The highest BCUT2D eigenvalue weighted by atomic mass is 32.1. The third-order valence-corrected chi connectivity index (χ3v) is 5.83. The van der Waals surface area contributed by atoms with Gasteiger partial charge >= 0.3 is 5.97 Å². The number of aromatic nitrogens is 1. The summed E-state index contributed by atoms with van der Waals surface area (Å²) in [4.78, 5) is 18.9. The third kappa shape index (κ3) is 2.86. The van der Waals surface area contributed by atoms with Crippen LogP contribution >= 0.6 is 11.3 Å². The zero-order valence-corrected chi connectivity index (χ0v) is 14.1. The number of aryl methyl sites for hydroxylation is 1. The number of aromatic carboxylic acids is 1. The Kier molecular flexibility index (Phi) is 3.41. The Morgan fingerprint density at radius 3 is 2.81 bits per heavy atom. The molecule has 5 heteroatoms. The lowest BCUT2D eigenvalue weighted by Crippen LogP contribution is -2.34. The quantitative estimate of drug-likeness (QED) is 0.928. The van der Waals surface area contributed by atoms with Crippen LogP contribution < -0.4 is 0 Å². The minimum Gasteiger partial charge on any atom is -0.476 e. The van der Waals surface area contributed by atoms with E-state index in [0.29, 0.717) is 16.9 Å². The molecule has 0 radical (unpaired) electrons. The molecule has 3 rings (SSSR count). The van der Waals surface area contributed by atoms with E-state index < -0.39 is 5.97 Å². The van der Waals surface area contributed by atoms with Crippen LogP contribution in [0.4, 0.5) is 0 Å². The Morgan fingerprint density at radius 1 is 1.43 bits per heavy atom. The fourth-order valence-corrected chi connectivity index (χ4v) is 5.64. The molecule has 1 aliphatic carbocycles. The monoisotopic (exact) mass is 308 g/mol. The number of carboxylic acids is 1. The molecule has 0 spiro atoms. The molecule has 2 fully saturated rings. The number of carboxylic acid groups (broad SMARTS) is 1. The zero-order valence-electron chi connectivity index (χ0n) is 13.3. The maximum Gasteiger partial charge on any atom is 0.355 e. The molecule has 0 amide bonds.